The number of amides is 1. The molecule has 2 aromatic carbocycles. The summed E-state index contributed by atoms with van der Waals surface area (Å²) in [6, 6.07) is 15.7. The minimum atomic E-state index is -0.133. The van der Waals surface area contributed by atoms with E-state index in [0.29, 0.717) is 27.4 Å². The first-order valence-electron chi connectivity index (χ1n) is 8.09. The van der Waals surface area contributed by atoms with Gasteiger partial charge in [0, 0.05) is 0 Å². The maximum Gasteiger partial charge on any atom is 0.264 e. The predicted octanol–water partition coefficient (Wildman–Crippen LogP) is 4.71. The molecule has 1 amide bonds. The minimum Gasteiger partial charge on any atom is -0.494 e. The van der Waals surface area contributed by atoms with Crippen LogP contribution >= 0.6 is 11.8 Å². The van der Waals surface area contributed by atoms with Gasteiger partial charge in [-0.05, 0) is 47.0 Å². The van der Waals surface area contributed by atoms with Crippen molar-refractivity contribution in [1.29, 1.82) is 0 Å². The standard InChI is InChI=1S/C20H20N2O2S/c1-13(2)15-10-8-14(9-11-15)12-18-19(23)22-20(25-18)21-16-6-4-5-7-17(16)24-3/h4-13H,1-3H3,(H,21,22,23)/b18-12-. The van der Waals surface area contributed by atoms with E-state index in [4.69, 9.17) is 4.74 Å². The van der Waals surface area contributed by atoms with Crippen LogP contribution in [-0.4, -0.2) is 18.2 Å². The van der Waals surface area contributed by atoms with Crippen LogP contribution in [0.25, 0.3) is 6.08 Å². The SMILES string of the molecule is COc1ccccc1N=C1NC(=O)/C(=C/c2ccc(C(C)C)cc2)S1. The summed E-state index contributed by atoms with van der Waals surface area (Å²) in [7, 11) is 1.60. The van der Waals surface area contributed by atoms with Gasteiger partial charge in [0.15, 0.2) is 5.17 Å². The van der Waals surface area contributed by atoms with Crippen LogP contribution in [0.2, 0.25) is 0 Å². The lowest BCUT2D eigenvalue weighted by molar-refractivity contribution is -0.115. The molecule has 1 fully saturated rings. The fraction of sp³-hybridized carbons (Fsp3) is 0.200. The van der Waals surface area contributed by atoms with Crippen LogP contribution in [0.4, 0.5) is 5.69 Å². The summed E-state index contributed by atoms with van der Waals surface area (Å²) in [6.07, 6.45) is 1.88. The van der Waals surface area contributed by atoms with E-state index >= 15 is 0 Å². The Hall–Kier alpha value is -2.53. The third-order valence-electron chi connectivity index (χ3n) is 3.86. The van der Waals surface area contributed by atoms with Gasteiger partial charge >= 0.3 is 0 Å². The summed E-state index contributed by atoms with van der Waals surface area (Å²) in [6.45, 7) is 4.32. The summed E-state index contributed by atoms with van der Waals surface area (Å²) in [4.78, 5) is 17.3. The molecule has 25 heavy (non-hydrogen) atoms. The van der Waals surface area contributed by atoms with Gasteiger partial charge in [-0.15, -0.1) is 0 Å². The highest BCUT2D eigenvalue weighted by Gasteiger charge is 2.24. The molecule has 0 saturated carbocycles. The molecule has 1 heterocycles. The first-order chi connectivity index (χ1) is 12.1. The number of benzene rings is 2. The predicted molar refractivity (Wildman–Crippen MR) is 104 cm³/mol. The van der Waals surface area contributed by atoms with E-state index in [9.17, 15) is 4.79 Å². The molecule has 1 aliphatic heterocycles. The number of carbonyl (C=O) groups is 1. The van der Waals surface area contributed by atoms with Gasteiger partial charge in [0.1, 0.15) is 11.4 Å². The van der Waals surface area contributed by atoms with Gasteiger partial charge in [0.2, 0.25) is 0 Å². The van der Waals surface area contributed by atoms with Gasteiger partial charge in [-0.3, -0.25) is 4.79 Å². The molecule has 0 unspecified atom stereocenters. The first kappa shape index (κ1) is 17.3. The Morgan fingerprint density at radius 2 is 1.84 bits per heavy atom. The second-order valence-electron chi connectivity index (χ2n) is 5.97. The lowest BCUT2D eigenvalue weighted by Gasteiger charge is -2.04. The number of hydrogen-bond donors (Lipinski definition) is 1. The Labute approximate surface area is 152 Å². The molecule has 1 aliphatic rings. The van der Waals surface area contributed by atoms with Crippen molar-refractivity contribution in [3.05, 3.63) is 64.6 Å². The molecule has 3 rings (SSSR count). The number of para-hydroxylation sites is 2. The van der Waals surface area contributed by atoms with E-state index in [1.807, 2.05) is 42.5 Å². The highest BCUT2D eigenvalue weighted by atomic mass is 32.2. The summed E-state index contributed by atoms with van der Waals surface area (Å²) in [5, 5.41) is 3.36. The number of thioether (sulfide) groups is 1. The fourth-order valence-electron chi connectivity index (χ4n) is 2.44. The highest BCUT2D eigenvalue weighted by molar-refractivity contribution is 8.18. The second-order valence-corrected chi connectivity index (χ2v) is 7.01. The van der Waals surface area contributed by atoms with Gasteiger partial charge in [0.25, 0.3) is 5.91 Å². The number of ether oxygens (including phenoxy) is 1. The molecule has 0 aromatic heterocycles. The molecule has 1 saturated heterocycles. The van der Waals surface area contributed by atoms with E-state index in [1.54, 1.807) is 7.11 Å². The van der Waals surface area contributed by atoms with Crippen LogP contribution in [0.15, 0.2) is 58.4 Å². The van der Waals surface area contributed by atoms with Gasteiger partial charge in [-0.1, -0.05) is 50.2 Å². The Morgan fingerprint density at radius 1 is 1.12 bits per heavy atom. The summed E-state index contributed by atoms with van der Waals surface area (Å²) in [5.41, 5.74) is 2.97. The van der Waals surface area contributed by atoms with Crippen molar-refractivity contribution in [2.45, 2.75) is 19.8 Å². The lowest BCUT2D eigenvalue weighted by Crippen LogP contribution is -2.19. The molecule has 1 N–H and O–H groups in total. The Morgan fingerprint density at radius 3 is 2.52 bits per heavy atom. The number of amidine groups is 1. The van der Waals surface area contributed by atoms with Crippen LogP contribution in [0, 0.1) is 0 Å². The largest absolute Gasteiger partial charge is 0.494 e. The van der Waals surface area contributed by atoms with Crippen LogP contribution in [0.1, 0.15) is 30.9 Å². The first-order valence-corrected chi connectivity index (χ1v) is 8.91. The molecule has 0 atom stereocenters. The molecular weight excluding hydrogens is 332 g/mol. The average Bonchev–Trinajstić information content (AvgIpc) is 2.95. The molecule has 2 aromatic rings. The van der Waals surface area contributed by atoms with Crippen molar-refractivity contribution < 1.29 is 9.53 Å². The van der Waals surface area contributed by atoms with Crippen molar-refractivity contribution in [1.82, 2.24) is 5.32 Å². The Balaban J connectivity index is 1.81. The zero-order valence-corrected chi connectivity index (χ0v) is 15.3. The Bertz CT molecular complexity index is 839. The van der Waals surface area contributed by atoms with Crippen molar-refractivity contribution in [2.75, 3.05) is 7.11 Å². The van der Waals surface area contributed by atoms with Gasteiger partial charge in [-0.25, -0.2) is 4.99 Å². The summed E-state index contributed by atoms with van der Waals surface area (Å²) >= 11 is 1.33. The molecular formula is C20H20N2O2S. The van der Waals surface area contributed by atoms with Gasteiger partial charge < -0.3 is 10.1 Å². The average molecular weight is 352 g/mol. The molecule has 0 radical (unpaired) electrons. The number of carbonyl (C=O) groups excluding carboxylic acids is 1. The topological polar surface area (TPSA) is 50.7 Å². The maximum absolute atomic E-state index is 12.2. The third-order valence-corrected chi connectivity index (χ3v) is 4.77. The monoisotopic (exact) mass is 352 g/mol. The van der Waals surface area contributed by atoms with Crippen molar-refractivity contribution >= 4 is 34.6 Å². The van der Waals surface area contributed by atoms with Crippen molar-refractivity contribution in [3.8, 4) is 5.75 Å². The second kappa shape index (κ2) is 7.57. The molecule has 0 aliphatic carbocycles. The minimum absolute atomic E-state index is 0.133. The van der Waals surface area contributed by atoms with E-state index in [-0.39, 0.29) is 5.91 Å². The third kappa shape index (κ3) is 4.12. The van der Waals surface area contributed by atoms with E-state index in [0.717, 1.165) is 5.56 Å². The van der Waals surface area contributed by atoms with Crippen molar-refractivity contribution in [3.63, 3.8) is 0 Å². The van der Waals surface area contributed by atoms with Crippen molar-refractivity contribution in [2.24, 2.45) is 4.99 Å². The molecule has 128 valence electrons. The van der Waals surface area contributed by atoms with Crippen LogP contribution in [-0.2, 0) is 4.79 Å². The van der Waals surface area contributed by atoms with Crippen LogP contribution in [0.3, 0.4) is 0 Å². The van der Waals surface area contributed by atoms with E-state index in [1.165, 1.54) is 17.3 Å². The highest BCUT2D eigenvalue weighted by Crippen LogP contribution is 2.32. The number of nitrogens with one attached hydrogen (secondary N) is 1. The Kier molecular flexibility index (Phi) is 5.24. The maximum atomic E-state index is 12.2. The normalized spacial score (nSPS) is 17.4. The number of nitrogens with zero attached hydrogens (tertiary/aromatic N) is 1. The lowest BCUT2D eigenvalue weighted by atomic mass is 10.0. The molecule has 0 spiro atoms. The molecule has 5 heteroatoms. The van der Waals surface area contributed by atoms with Gasteiger partial charge in [0.05, 0.1) is 12.0 Å². The van der Waals surface area contributed by atoms with E-state index < -0.39 is 0 Å². The van der Waals surface area contributed by atoms with Crippen LogP contribution < -0.4 is 10.1 Å². The molecule has 0 bridgehead atoms. The number of hydrogen-bond acceptors (Lipinski definition) is 4. The quantitative estimate of drug-likeness (QED) is 0.811. The molecule has 4 nitrogen and oxygen atoms in total. The number of methoxy groups -OCH3 is 1. The summed E-state index contributed by atoms with van der Waals surface area (Å²) in [5.74, 6) is 1.03. The number of aliphatic imine (C=N–C) groups is 1. The van der Waals surface area contributed by atoms with Crippen LogP contribution in [0.5, 0.6) is 5.75 Å². The fourth-order valence-corrected chi connectivity index (χ4v) is 3.28. The number of rotatable bonds is 4. The smallest absolute Gasteiger partial charge is 0.264 e. The van der Waals surface area contributed by atoms with E-state index in [2.05, 4.69) is 36.3 Å². The van der Waals surface area contributed by atoms with Gasteiger partial charge in [-0.2, -0.15) is 0 Å². The zero-order chi connectivity index (χ0) is 17.8. The summed E-state index contributed by atoms with van der Waals surface area (Å²) < 4.78 is 5.29. The zero-order valence-electron chi connectivity index (χ0n) is 14.4.